The van der Waals surface area contributed by atoms with Gasteiger partial charge in [0.2, 0.25) is 5.95 Å². The van der Waals surface area contributed by atoms with Crippen LogP contribution in [-0.2, 0) is 4.74 Å². The van der Waals surface area contributed by atoms with Crippen LogP contribution >= 0.6 is 0 Å². The molecular weight excluding hydrogens is 330 g/mol. The minimum absolute atomic E-state index is 0.152. The smallest absolute Gasteiger partial charge is 0.338 e. The van der Waals surface area contributed by atoms with Crippen molar-refractivity contribution in [1.29, 1.82) is 0 Å². The maximum Gasteiger partial charge on any atom is 0.338 e. The van der Waals surface area contributed by atoms with Gasteiger partial charge in [-0.1, -0.05) is 18.2 Å². The van der Waals surface area contributed by atoms with E-state index in [1.165, 1.54) is 0 Å². The summed E-state index contributed by atoms with van der Waals surface area (Å²) in [5.41, 5.74) is 7.45. The number of rotatable bonds is 5. The number of pyridine rings is 1. The number of benzene rings is 1. The summed E-state index contributed by atoms with van der Waals surface area (Å²) in [5.74, 6) is 0.374. The Morgan fingerprint density at radius 3 is 2.58 bits per heavy atom. The van der Waals surface area contributed by atoms with Gasteiger partial charge in [0.25, 0.3) is 0 Å². The summed E-state index contributed by atoms with van der Waals surface area (Å²) >= 11 is 0. The van der Waals surface area contributed by atoms with Gasteiger partial charge in [-0.2, -0.15) is 0 Å². The Balaban J connectivity index is 1.93. The van der Waals surface area contributed by atoms with Crippen LogP contribution in [0.25, 0.3) is 10.9 Å². The predicted octanol–water partition coefficient (Wildman–Crippen LogP) is 3.35. The van der Waals surface area contributed by atoms with E-state index in [2.05, 4.69) is 20.3 Å². The zero-order valence-electron chi connectivity index (χ0n) is 14.9. The van der Waals surface area contributed by atoms with Crippen molar-refractivity contribution in [2.75, 3.05) is 11.1 Å². The molecule has 2 heterocycles. The van der Waals surface area contributed by atoms with Gasteiger partial charge in [0.15, 0.2) is 5.82 Å². The Hall–Kier alpha value is -3.22. The normalized spacial score (nSPS) is 12.2. The predicted molar refractivity (Wildman–Crippen MR) is 101 cm³/mol. The van der Waals surface area contributed by atoms with Crippen LogP contribution in [0, 0.1) is 0 Å². The molecule has 7 nitrogen and oxygen atoms in total. The summed E-state index contributed by atoms with van der Waals surface area (Å²) in [6, 6.07) is 10.8. The number of carbonyl (C=O) groups is 1. The molecule has 0 spiro atoms. The SMILES string of the molecule is CC(C)Nc1nc([C@@H](C)OC(=O)c2ccccc2)cc2cnc(N)nc12. The molecule has 0 bridgehead atoms. The maximum atomic E-state index is 12.3. The van der Waals surface area contributed by atoms with E-state index in [1.54, 1.807) is 37.4 Å². The van der Waals surface area contributed by atoms with Crippen LogP contribution in [0.1, 0.15) is 42.9 Å². The fraction of sp³-hybridized carbons (Fsp3) is 0.263. The monoisotopic (exact) mass is 351 g/mol. The van der Waals surface area contributed by atoms with Crippen molar-refractivity contribution in [3.63, 3.8) is 0 Å². The van der Waals surface area contributed by atoms with Crippen LogP contribution < -0.4 is 11.1 Å². The highest BCUT2D eigenvalue weighted by Gasteiger charge is 2.18. The first kappa shape index (κ1) is 17.6. The van der Waals surface area contributed by atoms with Gasteiger partial charge in [-0.25, -0.2) is 19.7 Å². The Morgan fingerprint density at radius 2 is 1.88 bits per heavy atom. The van der Waals surface area contributed by atoms with Gasteiger partial charge in [-0.15, -0.1) is 0 Å². The lowest BCUT2D eigenvalue weighted by atomic mass is 10.1. The van der Waals surface area contributed by atoms with Gasteiger partial charge in [0.05, 0.1) is 11.3 Å². The van der Waals surface area contributed by atoms with E-state index in [9.17, 15) is 4.79 Å². The molecule has 26 heavy (non-hydrogen) atoms. The molecule has 3 N–H and O–H groups in total. The van der Waals surface area contributed by atoms with Crippen molar-refractivity contribution in [3.8, 4) is 0 Å². The molecule has 0 radical (unpaired) electrons. The average molecular weight is 351 g/mol. The number of nitrogens with zero attached hydrogens (tertiary/aromatic N) is 3. The summed E-state index contributed by atoms with van der Waals surface area (Å²) < 4.78 is 5.56. The highest BCUT2D eigenvalue weighted by molar-refractivity contribution is 5.90. The molecule has 2 aromatic heterocycles. The lowest BCUT2D eigenvalue weighted by molar-refractivity contribution is 0.0330. The van der Waals surface area contributed by atoms with Gasteiger partial charge in [-0.05, 0) is 39.0 Å². The number of fused-ring (bicyclic) bond motifs is 1. The summed E-state index contributed by atoms with van der Waals surface area (Å²) in [7, 11) is 0. The molecular formula is C19H21N5O2. The molecule has 0 fully saturated rings. The van der Waals surface area contributed by atoms with Gasteiger partial charge >= 0.3 is 5.97 Å². The van der Waals surface area contributed by atoms with Crippen molar-refractivity contribution in [2.24, 2.45) is 0 Å². The van der Waals surface area contributed by atoms with Crippen LogP contribution in [0.3, 0.4) is 0 Å². The second-order valence-electron chi connectivity index (χ2n) is 6.27. The number of hydrogen-bond acceptors (Lipinski definition) is 7. The van der Waals surface area contributed by atoms with Crippen LogP contribution in [0.2, 0.25) is 0 Å². The van der Waals surface area contributed by atoms with E-state index < -0.39 is 12.1 Å². The third kappa shape index (κ3) is 3.88. The number of hydrogen-bond donors (Lipinski definition) is 2. The van der Waals surface area contributed by atoms with Crippen molar-refractivity contribution in [2.45, 2.75) is 32.9 Å². The molecule has 3 rings (SSSR count). The summed E-state index contributed by atoms with van der Waals surface area (Å²) in [5, 5.41) is 4.03. The van der Waals surface area contributed by atoms with E-state index in [-0.39, 0.29) is 12.0 Å². The number of nitrogens with two attached hydrogens (primary N) is 1. The maximum absolute atomic E-state index is 12.3. The van der Waals surface area contributed by atoms with Crippen LogP contribution in [0.15, 0.2) is 42.6 Å². The standard InChI is InChI=1S/C19H21N5O2/c1-11(2)22-17-16-14(10-21-19(20)24-16)9-15(23-17)12(3)26-18(25)13-7-5-4-6-8-13/h4-12H,1-3H3,(H,22,23)(H2,20,21,24)/t12-/m1/s1. The van der Waals surface area contributed by atoms with E-state index in [1.807, 2.05) is 26.0 Å². The Morgan fingerprint density at radius 1 is 1.15 bits per heavy atom. The van der Waals surface area contributed by atoms with Gasteiger partial charge < -0.3 is 15.8 Å². The molecule has 0 unspecified atom stereocenters. The lowest BCUT2D eigenvalue weighted by Gasteiger charge is -2.17. The van der Waals surface area contributed by atoms with E-state index >= 15 is 0 Å². The Labute approximate surface area is 151 Å². The third-order valence-electron chi connectivity index (χ3n) is 3.74. The summed E-state index contributed by atoms with van der Waals surface area (Å²) in [6.45, 7) is 5.79. The topological polar surface area (TPSA) is 103 Å². The fourth-order valence-corrected chi connectivity index (χ4v) is 2.52. The van der Waals surface area contributed by atoms with E-state index in [4.69, 9.17) is 10.5 Å². The first-order valence-corrected chi connectivity index (χ1v) is 8.39. The van der Waals surface area contributed by atoms with Crippen LogP contribution in [0.5, 0.6) is 0 Å². The molecule has 0 aliphatic carbocycles. The largest absolute Gasteiger partial charge is 0.453 e. The van der Waals surface area contributed by atoms with E-state index in [0.29, 0.717) is 22.6 Å². The first-order valence-electron chi connectivity index (χ1n) is 8.39. The number of anilines is 2. The molecule has 0 saturated carbocycles. The summed E-state index contributed by atoms with van der Waals surface area (Å²) in [4.78, 5) is 25.2. The van der Waals surface area contributed by atoms with Gasteiger partial charge in [-0.3, -0.25) is 0 Å². The average Bonchev–Trinajstić information content (AvgIpc) is 2.62. The van der Waals surface area contributed by atoms with Crippen molar-refractivity contribution < 1.29 is 9.53 Å². The summed E-state index contributed by atoms with van der Waals surface area (Å²) in [6.07, 6.45) is 1.11. The highest BCUT2D eigenvalue weighted by atomic mass is 16.5. The fourth-order valence-electron chi connectivity index (χ4n) is 2.52. The number of nitrogen functional groups attached to an aromatic ring is 1. The molecule has 0 saturated heterocycles. The zero-order chi connectivity index (χ0) is 18.7. The first-order chi connectivity index (χ1) is 12.4. The van der Waals surface area contributed by atoms with Gasteiger partial charge in [0.1, 0.15) is 11.6 Å². The minimum Gasteiger partial charge on any atom is -0.453 e. The molecule has 1 aromatic carbocycles. The number of ether oxygens (including phenoxy) is 1. The molecule has 1 atom stereocenters. The van der Waals surface area contributed by atoms with Gasteiger partial charge in [0, 0.05) is 17.6 Å². The number of carbonyl (C=O) groups excluding carboxylic acids is 1. The van der Waals surface area contributed by atoms with Crippen LogP contribution in [-0.4, -0.2) is 27.0 Å². The molecule has 134 valence electrons. The third-order valence-corrected chi connectivity index (χ3v) is 3.74. The molecule has 7 heteroatoms. The van der Waals surface area contributed by atoms with Crippen molar-refractivity contribution in [1.82, 2.24) is 15.0 Å². The second-order valence-corrected chi connectivity index (χ2v) is 6.27. The number of aromatic nitrogens is 3. The number of nitrogens with one attached hydrogen (secondary N) is 1. The Bertz CT molecular complexity index is 928. The van der Waals surface area contributed by atoms with Crippen LogP contribution in [0.4, 0.5) is 11.8 Å². The highest BCUT2D eigenvalue weighted by Crippen LogP contribution is 2.26. The second kappa shape index (κ2) is 7.35. The molecule has 0 aliphatic heterocycles. The molecule has 0 aliphatic rings. The molecule has 3 aromatic rings. The van der Waals surface area contributed by atoms with Crippen molar-refractivity contribution in [3.05, 3.63) is 53.9 Å². The Kier molecular flexibility index (Phi) is 4.97. The van der Waals surface area contributed by atoms with Crippen molar-refractivity contribution >= 4 is 28.6 Å². The lowest BCUT2D eigenvalue weighted by Crippen LogP contribution is -2.15. The quantitative estimate of drug-likeness (QED) is 0.679. The molecule has 0 amide bonds. The zero-order valence-corrected chi connectivity index (χ0v) is 14.9. The minimum atomic E-state index is -0.530. The number of esters is 1. The van der Waals surface area contributed by atoms with E-state index in [0.717, 1.165) is 5.39 Å².